The molecule has 0 aliphatic heterocycles. The molecule has 0 bridgehead atoms. The molecule has 0 aliphatic carbocycles. The summed E-state index contributed by atoms with van der Waals surface area (Å²) in [6, 6.07) is 13.8. The average Bonchev–Trinajstić information content (AvgIpc) is 2.38. The lowest BCUT2D eigenvalue weighted by Crippen LogP contribution is -2.08. The van der Waals surface area contributed by atoms with Crippen LogP contribution in [-0.2, 0) is 6.42 Å². The van der Waals surface area contributed by atoms with Gasteiger partial charge in [-0.25, -0.2) is 4.39 Å². The normalized spacial score (nSPS) is 12.4. The molecule has 1 nitrogen and oxygen atoms in total. The number of hydrogen-bond acceptors (Lipinski definition) is 1. The molecule has 0 aromatic heterocycles. The summed E-state index contributed by atoms with van der Waals surface area (Å²) < 4.78 is 13.2. The summed E-state index contributed by atoms with van der Waals surface area (Å²) in [6.45, 7) is -0.0331. The molecule has 18 heavy (non-hydrogen) atoms. The highest BCUT2D eigenvalue weighted by atomic mass is 35.5. The Labute approximate surface area is 111 Å². The first-order valence-electron chi connectivity index (χ1n) is 5.80. The van der Waals surface area contributed by atoms with Gasteiger partial charge in [-0.3, -0.25) is 0 Å². The molecule has 2 rings (SSSR count). The Morgan fingerprint density at radius 2 is 1.89 bits per heavy atom. The van der Waals surface area contributed by atoms with E-state index < -0.39 is 0 Å². The van der Waals surface area contributed by atoms with E-state index in [9.17, 15) is 9.50 Å². The van der Waals surface area contributed by atoms with E-state index in [1.54, 1.807) is 6.07 Å². The van der Waals surface area contributed by atoms with Crippen molar-refractivity contribution in [2.45, 2.75) is 12.3 Å². The van der Waals surface area contributed by atoms with Crippen molar-refractivity contribution in [2.75, 3.05) is 6.61 Å². The van der Waals surface area contributed by atoms with Crippen molar-refractivity contribution >= 4 is 11.6 Å². The van der Waals surface area contributed by atoms with Gasteiger partial charge < -0.3 is 5.11 Å². The van der Waals surface area contributed by atoms with Crippen LogP contribution in [0.15, 0.2) is 48.5 Å². The van der Waals surface area contributed by atoms with Crippen LogP contribution < -0.4 is 0 Å². The molecule has 0 fully saturated rings. The van der Waals surface area contributed by atoms with Crippen molar-refractivity contribution in [3.63, 3.8) is 0 Å². The smallest absolute Gasteiger partial charge is 0.123 e. The molecule has 94 valence electrons. The summed E-state index contributed by atoms with van der Waals surface area (Å²) in [4.78, 5) is 0. The molecule has 0 heterocycles. The van der Waals surface area contributed by atoms with Crippen LogP contribution in [0.4, 0.5) is 4.39 Å². The summed E-state index contributed by atoms with van der Waals surface area (Å²) in [7, 11) is 0. The highest BCUT2D eigenvalue weighted by Crippen LogP contribution is 2.25. The van der Waals surface area contributed by atoms with Crippen LogP contribution in [0.25, 0.3) is 0 Å². The van der Waals surface area contributed by atoms with Crippen molar-refractivity contribution in [3.8, 4) is 0 Å². The Kier molecular flexibility index (Phi) is 4.34. The molecule has 0 radical (unpaired) electrons. The molecule has 1 N–H and O–H groups in total. The lowest BCUT2D eigenvalue weighted by molar-refractivity contribution is 0.264. The predicted molar refractivity (Wildman–Crippen MR) is 71.4 cm³/mol. The maximum absolute atomic E-state index is 13.2. The van der Waals surface area contributed by atoms with E-state index in [2.05, 4.69) is 0 Å². The first kappa shape index (κ1) is 13.1. The van der Waals surface area contributed by atoms with Crippen LogP contribution in [-0.4, -0.2) is 11.7 Å². The first-order chi connectivity index (χ1) is 8.70. The Morgan fingerprint density at radius 1 is 1.11 bits per heavy atom. The third-order valence-electron chi connectivity index (χ3n) is 2.96. The maximum Gasteiger partial charge on any atom is 0.123 e. The fourth-order valence-corrected chi connectivity index (χ4v) is 2.19. The van der Waals surface area contributed by atoms with Crippen molar-refractivity contribution < 1.29 is 9.50 Å². The van der Waals surface area contributed by atoms with Gasteiger partial charge in [0.15, 0.2) is 0 Å². The van der Waals surface area contributed by atoms with Crippen LogP contribution in [0.2, 0.25) is 5.02 Å². The van der Waals surface area contributed by atoms with Gasteiger partial charge in [-0.05, 0) is 35.7 Å². The standard InChI is InChI=1S/C15H14ClFO/c16-15-7-2-1-4-12(15)8-13(10-18)11-5-3-6-14(17)9-11/h1-7,9,13,18H,8,10H2. The SMILES string of the molecule is OCC(Cc1ccccc1Cl)c1cccc(F)c1. The minimum atomic E-state index is -0.287. The number of aliphatic hydroxyl groups excluding tert-OH is 1. The summed E-state index contributed by atoms with van der Waals surface area (Å²) in [5, 5.41) is 10.1. The zero-order valence-corrected chi connectivity index (χ0v) is 10.6. The van der Waals surface area contributed by atoms with E-state index in [0.717, 1.165) is 11.1 Å². The van der Waals surface area contributed by atoms with Gasteiger partial charge in [-0.2, -0.15) is 0 Å². The van der Waals surface area contributed by atoms with Gasteiger partial charge in [0.25, 0.3) is 0 Å². The largest absolute Gasteiger partial charge is 0.396 e. The molecule has 2 aromatic rings. The molecule has 3 heteroatoms. The van der Waals surface area contributed by atoms with Crippen molar-refractivity contribution in [1.82, 2.24) is 0 Å². The molecule has 0 amide bonds. The molecule has 0 saturated carbocycles. The van der Waals surface area contributed by atoms with Gasteiger partial charge in [-0.1, -0.05) is 41.9 Å². The van der Waals surface area contributed by atoms with Gasteiger partial charge in [-0.15, -0.1) is 0 Å². The molecule has 2 aromatic carbocycles. The fraction of sp³-hybridized carbons (Fsp3) is 0.200. The number of hydrogen-bond donors (Lipinski definition) is 1. The van der Waals surface area contributed by atoms with Crippen LogP contribution in [0.1, 0.15) is 17.0 Å². The lowest BCUT2D eigenvalue weighted by atomic mass is 9.92. The molecule has 0 saturated heterocycles. The predicted octanol–water partition coefficient (Wildman–Crippen LogP) is 3.80. The highest BCUT2D eigenvalue weighted by molar-refractivity contribution is 6.31. The third-order valence-corrected chi connectivity index (χ3v) is 3.33. The number of benzene rings is 2. The molecule has 1 atom stereocenters. The Morgan fingerprint density at radius 3 is 2.56 bits per heavy atom. The van der Waals surface area contributed by atoms with Gasteiger partial charge in [0.2, 0.25) is 0 Å². The summed E-state index contributed by atoms with van der Waals surface area (Å²) in [5.74, 6) is -0.425. The van der Waals surface area contributed by atoms with E-state index >= 15 is 0 Å². The minimum Gasteiger partial charge on any atom is -0.396 e. The number of aliphatic hydroxyl groups is 1. The van der Waals surface area contributed by atoms with Crippen LogP contribution in [0, 0.1) is 5.82 Å². The van der Waals surface area contributed by atoms with Gasteiger partial charge in [0.1, 0.15) is 5.82 Å². The molecule has 1 unspecified atom stereocenters. The van der Waals surface area contributed by atoms with Gasteiger partial charge in [0.05, 0.1) is 6.61 Å². The van der Waals surface area contributed by atoms with E-state index in [0.29, 0.717) is 11.4 Å². The van der Waals surface area contributed by atoms with Crippen LogP contribution in [0.5, 0.6) is 0 Å². The quantitative estimate of drug-likeness (QED) is 0.891. The van der Waals surface area contributed by atoms with E-state index in [1.807, 2.05) is 30.3 Å². The summed E-state index contributed by atoms with van der Waals surface area (Å²) in [5.41, 5.74) is 1.75. The second-order valence-corrected chi connectivity index (χ2v) is 4.64. The van der Waals surface area contributed by atoms with Crippen molar-refractivity contribution in [2.24, 2.45) is 0 Å². The maximum atomic E-state index is 13.2. The highest BCUT2D eigenvalue weighted by Gasteiger charge is 2.13. The first-order valence-corrected chi connectivity index (χ1v) is 6.18. The number of halogens is 2. The molecule has 0 spiro atoms. The van der Waals surface area contributed by atoms with Crippen molar-refractivity contribution in [3.05, 3.63) is 70.5 Å². The van der Waals surface area contributed by atoms with Gasteiger partial charge >= 0.3 is 0 Å². The molecule has 0 aliphatic rings. The Balaban J connectivity index is 2.23. The second kappa shape index (κ2) is 5.98. The summed E-state index contributed by atoms with van der Waals surface area (Å²) in [6.07, 6.45) is 0.597. The van der Waals surface area contributed by atoms with Crippen molar-refractivity contribution in [1.29, 1.82) is 0 Å². The zero-order valence-electron chi connectivity index (χ0n) is 9.81. The monoisotopic (exact) mass is 264 g/mol. The fourth-order valence-electron chi connectivity index (χ4n) is 1.98. The number of rotatable bonds is 4. The van der Waals surface area contributed by atoms with E-state index in [-0.39, 0.29) is 18.3 Å². The average molecular weight is 265 g/mol. The topological polar surface area (TPSA) is 20.2 Å². The Hall–Kier alpha value is -1.38. The molecular weight excluding hydrogens is 251 g/mol. The lowest BCUT2D eigenvalue weighted by Gasteiger charge is -2.15. The van der Waals surface area contributed by atoms with Gasteiger partial charge in [0, 0.05) is 10.9 Å². The second-order valence-electron chi connectivity index (χ2n) is 4.23. The summed E-state index contributed by atoms with van der Waals surface area (Å²) >= 11 is 6.09. The minimum absolute atomic E-state index is 0.0331. The molecular formula is C15H14ClFO. The Bertz CT molecular complexity index is 527. The van der Waals surface area contributed by atoms with E-state index in [1.165, 1.54) is 12.1 Å². The van der Waals surface area contributed by atoms with Crippen LogP contribution >= 0.6 is 11.6 Å². The zero-order chi connectivity index (χ0) is 13.0. The van der Waals surface area contributed by atoms with E-state index in [4.69, 9.17) is 11.6 Å². The van der Waals surface area contributed by atoms with Crippen LogP contribution in [0.3, 0.4) is 0 Å². The third kappa shape index (κ3) is 3.09.